The molecule has 0 aliphatic carbocycles. The standard InChI is InChI=1S/C22H28N2/c1-17(2)21-9-5-19(6-10-21)15-23-13-14-24-16-20-7-11-22(12-8-20)18(3)4/h5-12,15-18H,13-14H2,1-4H3/b23-15+,24-16+. The van der Waals surface area contributed by atoms with Gasteiger partial charge in [-0.05, 0) is 34.1 Å². The van der Waals surface area contributed by atoms with E-state index in [1.165, 1.54) is 11.1 Å². The van der Waals surface area contributed by atoms with E-state index in [1.54, 1.807) is 0 Å². The highest BCUT2D eigenvalue weighted by Crippen LogP contribution is 2.14. The predicted molar refractivity (Wildman–Crippen MR) is 106 cm³/mol. The van der Waals surface area contributed by atoms with Gasteiger partial charge in [0.2, 0.25) is 0 Å². The van der Waals surface area contributed by atoms with Crippen LogP contribution in [0.25, 0.3) is 0 Å². The van der Waals surface area contributed by atoms with E-state index >= 15 is 0 Å². The molecule has 0 unspecified atom stereocenters. The Balaban J connectivity index is 1.77. The molecule has 2 heteroatoms. The maximum absolute atomic E-state index is 4.45. The predicted octanol–water partition coefficient (Wildman–Crippen LogP) is 5.47. The Morgan fingerprint density at radius 3 is 1.25 bits per heavy atom. The third kappa shape index (κ3) is 5.77. The van der Waals surface area contributed by atoms with Gasteiger partial charge in [-0.3, -0.25) is 9.98 Å². The molecule has 0 saturated heterocycles. The number of hydrogen-bond acceptors (Lipinski definition) is 2. The second-order valence-electron chi connectivity index (χ2n) is 6.71. The van der Waals surface area contributed by atoms with E-state index in [9.17, 15) is 0 Å². The molecule has 2 rings (SSSR count). The molecule has 0 radical (unpaired) electrons. The Bertz CT molecular complexity index is 601. The van der Waals surface area contributed by atoms with E-state index in [-0.39, 0.29) is 0 Å². The molecule has 24 heavy (non-hydrogen) atoms. The van der Waals surface area contributed by atoms with Crippen molar-refractivity contribution in [1.29, 1.82) is 0 Å². The van der Waals surface area contributed by atoms with Gasteiger partial charge in [-0.2, -0.15) is 0 Å². The fourth-order valence-electron chi connectivity index (χ4n) is 2.39. The summed E-state index contributed by atoms with van der Waals surface area (Å²) in [5, 5.41) is 0. The Morgan fingerprint density at radius 2 is 0.958 bits per heavy atom. The van der Waals surface area contributed by atoms with Gasteiger partial charge in [-0.1, -0.05) is 76.2 Å². The third-order valence-electron chi connectivity index (χ3n) is 4.05. The molecular weight excluding hydrogens is 292 g/mol. The van der Waals surface area contributed by atoms with Gasteiger partial charge in [0.15, 0.2) is 0 Å². The molecule has 0 aliphatic heterocycles. The summed E-state index contributed by atoms with van der Waals surface area (Å²) in [6.45, 7) is 10.3. The van der Waals surface area contributed by atoms with Crippen LogP contribution in [-0.2, 0) is 0 Å². The first kappa shape index (κ1) is 18.1. The molecule has 126 valence electrons. The number of benzene rings is 2. The lowest BCUT2D eigenvalue weighted by atomic mass is 10.0. The van der Waals surface area contributed by atoms with Crippen LogP contribution in [0.5, 0.6) is 0 Å². The highest BCUT2D eigenvalue weighted by Gasteiger charge is 1.98. The highest BCUT2D eigenvalue weighted by molar-refractivity contribution is 5.80. The van der Waals surface area contributed by atoms with Crippen molar-refractivity contribution < 1.29 is 0 Å². The fraction of sp³-hybridized carbons (Fsp3) is 0.364. The lowest BCUT2D eigenvalue weighted by molar-refractivity contribution is 0.866. The van der Waals surface area contributed by atoms with Crippen LogP contribution in [0.4, 0.5) is 0 Å². The van der Waals surface area contributed by atoms with Crippen LogP contribution in [0.1, 0.15) is 61.8 Å². The van der Waals surface area contributed by atoms with Crippen LogP contribution >= 0.6 is 0 Å². The van der Waals surface area contributed by atoms with Crippen LogP contribution in [0.15, 0.2) is 58.5 Å². The second-order valence-corrected chi connectivity index (χ2v) is 6.71. The average molecular weight is 320 g/mol. The van der Waals surface area contributed by atoms with Crippen molar-refractivity contribution in [2.45, 2.75) is 39.5 Å². The summed E-state index contributed by atoms with van der Waals surface area (Å²) >= 11 is 0. The number of nitrogens with zero attached hydrogens (tertiary/aromatic N) is 2. The van der Waals surface area contributed by atoms with E-state index in [0.717, 1.165) is 11.1 Å². The van der Waals surface area contributed by atoms with Gasteiger partial charge >= 0.3 is 0 Å². The molecule has 0 spiro atoms. The van der Waals surface area contributed by atoms with Gasteiger partial charge in [0.05, 0.1) is 13.1 Å². The average Bonchev–Trinajstić information content (AvgIpc) is 2.58. The van der Waals surface area contributed by atoms with Crippen molar-refractivity contribution >= 4 is 12.4 Å². The molecule has 0 aliphatic rings. The van der Waals surface area contributed by atoms with Crippen molar-refractivity contribution in [2.75, 3.05) is 13.1 Å². The Kier molecular flexibility index (Phi) is 6.92. The SMILES string of the molecule is CC(C)c1ccc(/C=N/CC/N=C/c2ccc(C(C)C)cc2)cc1. The van der Waals surface area contributed by atoms with Crippen molar-refractivity contribution in [1.82, 2.24) is 0 Å². The normalized spacial score (nSPS) is 12.1. The summed E-state index contributed by atoms with van der Waals surface area (Å²) in [6, 6.07) is 17.2. The largest absolute Gasteiger partial charge is 0.291 e. The van der Waals surface area contributed by atoms with E-state index in [1.807, 2.05) is 12.4 Å². The number of rotatable bonds is 7. The van der Waals surface area contributed by atoms with Crippen LogP contribution in [0.2, 0.25) is 0 Å². The molecule has 0 aromatic heterocycles. The molecule has 0 amide bonds. The Labute approximate surface area is 146 Å². The van der Waals surface area contributed by atoms with Crippen LogP contribution < -0.4 is 0 Å². The summed E-state index contributed by atoms with van der Waals surface area (Å²) < 4.78 is 0. The third-order valence-corrected chi connectivity index (χ3v) is 4.05. The molecule has 0 N–H and O–H groups in total. The van der Waals surface area contributed by atoms with Gasteiger partial charge in [-0.25, -0.2) is 0 Å². The van der Waals surface area contributed by atoms with E-state index in [0.29, 0.717) is 24.9 Å². The maximum atomic E-state index is 4.45. The zero-order chi connectivity index (χ0) is 17.4. The van der Waals surface area contributed by atoms with Gasteiger partial charge in [-0.15, -0.1) is 0 Å². The zero-order valence-corrected chi connectivity index (χ0v) is 15.2. The van der Waals surface area contributed by atoms with E-state index in [2.05, 4.69) is 86.2 Å². The molecule has 2 aromatic rings. The van der Waals surface area contributed by atoms with E-state index in [4.69, 9.17) is 0 Å². The first-order valence-electron chi connectivity index (χ1n) is 8.76. The summed E-state index contributed by atoms with van der Waals surface area (Å²) in [6.07, 6.45) is 3.86. The van der Waals surface area contributed by atoms with Crippen LogP contribution in [-0.4, -0.2) is 25.5 Å². The lowest BCUT2D eigenvalue weighted by Crippen LogP contribution is -1.92. The molecular formula is C22H28N2. The molecule has 0 fully saturated rings. The molecule has 0 saturated carbocycles. The van der Waals surface area contributed by atoms with Crippen molar-refractivity contribution in [3.8, 4) is 0 Å². The minimum absolute atomic E-state index is 0.569. The first-order chi connectivity index (χ1) is 11.6. The molecule has 2 aromatic carbocycles. The number of aliphatic imine (C=N–C) groups is 2. The molecule has 0 atom stereocenters. The quantitative estimate of drug-likeness (QED) is 0.477. The van der Waals surface area contributed by atoms with Gasteiger partial charge in [0, 0.05) is 12.4 Å². The van der Waals surface area contributed by atoms with Crippen molar-refractivity contribution in [3.63, 3.8) is 0 Å². The van der Waals surface area contributed by atoms with Crippen molar-refractivity contribution in [3.05, 3.63) is 70.8 Å². The monoisotopic (exact) mass is 320 g/mol. The molecule has 0 bridgehead atoms. The first-order valence-corrected chi connectivity index (χ1v) is 8.76. The number of hydrogen-bond donors (Lipinski definition) is 0. The smallest absolute Gasteiger partial charge is 0.0585 e. The summed E-state index contributed by atoms with van der Waals surface area (Å²) in [4.78, 5) is 8.89. The summed E-state index contributed by atoms with van der Waals surface area (Å²) in [5.41, 5.74) is 5.01. The summed E-state index contributed by atoms with van der Waals surface area (Å²) in [7, 11) is 0. The Hall–Kier alpha value is -2.22. The maximum Gasteiger partial charge on any atom is 0.0585 e. The van der Waals surface area contributed by atoms with Gasteiger partial charge in [0.25, 0.3) is 0 Å². The topological polar surface area (TPSA) is 24.7 Å². The minimum Gasteiger partial charge on any atom is -0.291 e. The molecule has 0 heterocycles. The zero-order valence-electron chi connectivity index (χ0n) is 15.2. The second kappa shape index (κ2) is 9.17. The highest BCUT2D eigenvalue weighted by atomic mass is 14.8. The van der Waals surface area contributed by atoms with E-state index < -0.39 is 0 Å². The van der Waals surface area contributed by atoms with Crippen LogP contribution in [0, 0.1) is 0 Å². The van der Waals surface area contributed by atoms with Gasteiger partial charge in [0.1, 0.15) is 0 Å². The lowest BCUT2D eigenvalue weighted by Gasteiger charge is -2.04. The van der Waals surface area contributed by atoms with Gasteiger partial charge < -0.3 is 0 Å². The van der Waals surface area contributed by atoms with Crippen molar-refractivity contribution in [2.24, 2.45) is 9.98 Å². The van der Waals surface area contributed by atoms with Crippen LogP contribution in [0.3, 0.4) is 0 Å². The Morgan fingerprint density at radius 1 is 0.625 bits per heavy atom. The fourth-order valence-corrected chi connectivity index (χ4v) is 2.39. The minimum atomic E-state index is 0.569. The molecule has 2 nitrogen and oxygen atoms in total. The summed E-state index contributed by atoms with van der Waals surface area (Å²) in [5.74, 6) is 1.14.